The average molecular weight is 230 g/mol. The van der Waals surface area contributed by atoms with Gasteiger partial charge in [-0.25, -0.2) is 4.98 Å². The van der Waals surface area contributed by atoms with Gasteiger partial charge in [0.1, 0.15) is 12.0 Å². The van der Waals surface area contributed by atoms with E-state index >= 15 is 0 Å². The van der Waals surface area contributed by atoms with Gasteiger partial charge in [-0.3, -0.25) is 0 Å². The highest BCUT2D eigenvalue weighted by Gasteiger charge is 2.04. The summed E-state index contributed by atoms with van der Waals surface area (Å²) in [5.74, 6) is 0.579. The van der Waals surface area contributed by atoms with Crippen molar-refractivity contribution >= 4 is 0 Å². The predicted molar refractivity (Wildman–Crippen MR) is 68.4 cm³/mol. The van der Waals surface area contributed by atoms with Gasteiger partial charge in [0.05, 0.1) is 6.54 Å². The van der Waals surface area contributed by atoms with Crippen molar-refractivity contribution in [1.29, 1.82) is 0 Å². The lowest BCUT2D eigenvalue weighted by Crippen LogP contribution is -1.95. The SMILES string of the molecule is CCCCc1ccc(-c2coc(CN)n2)cc1. The van der Waals surface area contributed by atoms with Gasteiger partial charge in [-0.05, 0) is 18.4 Å². The number of benzene rings is 1. The summed E-state index contributed by atoms with van der Waals surface area (Å²) in [6.07, 6.45) is 5.26. The highest BCUT2D eigenvalue weighted by atomic mass is 16.3. The minimum Gasteiger partial charge on any atom is -0.447 e. The Labute approximate surface area is 102 Å². The van der Waals surface area contributed by atoms with Crippen LogP contribution < -0.4 is 5.73 Å². The molecule has 2 aromatic rings. The van der Waals surface area contributed by atoms with Crippen LogP contribution in [0.4, 0.5) is 0 Å². The van der Waals surface area contributed by atoms with E-state index in [1.54, 1.807) is 6.26 Å². The summed E-state index contributed by atoms with van der Waals surface area (Å²) in [5.41, 5.74) is 8.77. The molecule has 1 aromatic heterocycles. The maximum atomic E-state index is 5.46. The standard InChI is InChI=1S/C14H18N2O/c1-2-3-4-11-5-7-12(8-6-11)13-10-17-14(9-15)16-13/h5-8,10H,2-4,9,15H2,1H3. The number of nitrogens with zero attached hydrogens (tertiary/aromatic N) is 1. The number of rotatable bonds is 5. The Kier molecular flexibility index (Phi) is 3.94. The van der Waals surface area contributed by atoms with Crippen LogP contribution in [-0.2, 0) is 13.0 Å². The number of oxazole rings is 1. The normalized spacial score (nSPS) is 10.7. The molecule has 3 heteroatoms. The molecule has 0 aliphatic carbocycles. The molecule has 1 heterocycles. The van der Waals surface area contributed by atoms with Gasteiger partial charge in [0.2, 0.25) is 5.89 Å². The first kappa shape index (κ1) is 11.9. The fraction of sp³-hybridized carbons (Fsp3) is 0.357. The van der Waals surface area contributed by atoms with Gasteiger partial charge in [-0.2, -0.15) is 0 Å². The lowest BCUT2D eigenvalue weighted by Gasteiger charge is -2.01. The van der Waals surface area contributed by atoms with E-state index in [1.807, 2.05) is 0 Å². The second kappa shape index (κ2) is 5.64. The second-order valence-electron chi connectivity index (χ2n) is 4.13. The largest absolute Gasteiger partial charge is 0.447 e. The van der Waals surface area contributed by atoms with Crippen LogP contribution in [0.25, 0.3) is 11.3 Å². The molecule has 0 amide bonds. The zero-order chi connectivity index (χ0) is 12.1. The van der Waals surface area contributed by atoms with Crippen molar-refractivity contribution in [2.45, 2.75) is 32.7 Å². The van der Waals surface area contributed by atoms with Crippen molar-refractivity contribution in [3.8, 4) is 11.3 Å². The summed E-state index contributed by atoms with van der Waals surface area (Å²) >= 11 is 0. The van der Waals surface area contributed by atoms with Gasteiger partial charge in [0, 0.05) is 5.56 Å². The first-order chi connectivity index (χ1) is 8.33. The molecule has 0 aliphatic heterocycles. The highest BCUT2D eigenvalue weighted by Crippen LogP contribution is 2.19. The third-order valence-corrected chi connectivity index (χ3v) is 2.80. The van der Waals surface area contributed by atoms with Crippen molar-refractivity contribution in [1.82, 2.24) is 4.98 Å². The number of aryl methyl sites for hydroxylation is 1. The van der Waals surface area contributed by atoms with Crippen LogP contribution in [0.2, 0.25) is 0 Å². The molecule has 0 aliphatic rings. The molecule has 2 rings (SSSR count). The first-order valence-electron chi connectivity index (χ1n) is 6.07. The van der Waals surface area contributed by atoms with Gasteiger partial charge in [-0.15, -0.1) is 0 Å². The fourth-order valence-electron chi connectivity index (χ4n) is 1.76. The van der Waals surface area contributed by atoms with E-state index in [2.05, 4.69) is 36.2 Å². The van der Waals surface area contributed by atoms with E-state index in [0.29, 0.717) is 12.4 Å². The van der Waals surface area contributed by atoms with Gasteiger partial charge in [-0.1, -0.05) is 37.6 Å². The van der Waals surface area contributed by atoms with Gasteiger partial charge in [0.15, 0.2) is 0 Å². The molecule has 0 bridgehead atoms. The number of nitrogens with two attached hydrogens (primary N) is 1. The molecular weight excluding hydrogens is 212 g/mol. The molecule has 1 aromatic carbocycles. The van der Waals surface area contributed by atoms with Crippen LogP contribution in [0.1, 0.15) is 31.2 Å². The van der Waals surface area contributed by atoms with Crippen LogP contribution in [0.3, 0.4) is 0 Å². The molecule has 0 atom stereocenters. The van der Waals surface area contributed by atoms with Crippen molar-refractivity contribution in [3.63, 3.8) is 0 Å². The van der Waals surface area contributed by atoms with Gasteiger partial charge < -0.3 is 10.2 Å². The number of aromatic nitrogens is 1. The molecular formula is C14H18N2O. The minimum atomic E-state index is 0.342. The topological polar surface area (TPSA) is 52.0 Å². The maximum absolute atomic E-state index is 5.46. The van der Waals surface area contributed by atoms with E-state index in [1.165, 1.54) is 18.4 Å². The van der Waals surface area contributed by atoms with Crippen LogP contribution in [-0.4, -0.2) is 4.98 Å². The monoisotopic (exact) mass is 230 g/mol. The van der Waals surface area contributed by atoms with Crippen LogP contribution >= 0.6 is 0 Å². The molecule has 0 spiro atoms. The van der Waals surface area contributed by atoms with Crippen molar-refractivity contribution < 1.29 is 4.42 Å². The Morgan fingerprint density at radius 3 is 2.59 bits per heavy atom. The van der Waals surface area contributed by atoms with Crippen LogP contribution in [0.5, 0.6) is 0 Å². The Balaban J connectivity index is 2.11. The smallest absolute Gasteiger partial charge is 0.208 e. The summed E-state index contributed by atoms with van der Waals surface area (Å²) in [5, 5.41) is 0. The second-order valence-corrected chi connectivity index (χ2v) is 4.13. The first-order valence-corrected chi connectivity index (χ1v) is 6.07. The molecule has 0 saturated heterocycles. The predicted octanol–water partition coefficient (Wildman–Crippen LogP) is 3.14. The number of hydrogen-bond donors (Lipinski definition) is 1. The number of hydrogen-bond acceptors (Lipinski definition) is 3. The third kappa shape index (κ3) is 2.94. The van der Waals surface area contributed by atoms with E-state index in [-0.39, 0.29) is 0 Å². The summed E-state index contributed by atoms with van der Waals surface area (Å²) in [4.78, 5) is 4.30. The van der Waals surface area contributed by atoms with Crippen molar-refractivity contribution in [3.05, 3.63) is 42.0 Å². The Morgan fingerprint density at radius 1 is 1.24 bits per heavy atom. The molecule has 2 N–H and O–H groups in total. The Bertz CT molecular complexity index is 459. The quantitative estimate of drug-likeness (QED) is 0.858. The van der Waals surface area contributed by atoms with Gasteiger partial charge in [0.25, 0.3) is 0 Å². The average Bonchev–Trinajstić information content (AvgIpc) is 2.86. The van der Waals surface area contributed by atoms with Gasteiger partial charge >= 0.3 is 0 Å². The Morgan fingerprint density at radius 2 is 2.00 bits per heavy atom. The highest BCUT2D eigenvalue weighted by molar-refractivity contribution is 5.58. The third-order valence-electron chi connectivity index (χ3n) is 2.80. The number of unbranched alkanes of at least 4 members (excludes halogenated alkanes) is 1. The molecule has 3 nitrogen and oxygen atoms in total. The van der Waals surface area contributed by atoms with Crippen LogP contribution in [0.15, 0.2) is 34.9 Å². The zero-order valence-corrected chi connectivity index (χ0v) is 10.1. The van der Waals surface area contributed by atoms with E-state index in [0.717, 1.165) is 17.7 Å². The summed E-state index contributed by atoms with van der Waals surface area (Å²) in [7, 11) is 0. The molecule has 90 valence electrons. The Hall–Kier alpha value is -1.61. The molecule has 17 heavy (non-hydrogen) atoms. The van der Waals surface area contributed by atoms with E-state index in [4.69, 9.17) is 10.2 Å². The zero-order valence-electron chi connectivity index (χ0n) is 10.1. The summed E-state index contributed by atoms with van der Waals surface area (Å²) < 4.78 is 5.23. The van der Waals surface area contributed by atoms with Crippen molar-refractivity contribution in [2.24, 2.45) is 5.73 Å². The lowest BCUT2D eigenvalue weighted by molar-refractivity contribution is 0.498. The maximum Gasteiger partial charge on any atom is 0.208 e. The molecule has 0 saturated carbocycles. The van der Waals surface area contributed by atoms with Crippen molar-refractivity contribution in [2.75, 3.05) is 0 Å². The minimum absolute atomic E-state index is 0.342. The van der Waals surface area contributed by atoms with Crippen LogP contribution in [0, 0.1) is 0 Å². The molecule has 0 unspecified atom stereocenters. The summed E-state index contributed by atoms with van der Waals surface area (Å²) in [6, 6.07) is 8.48. The van der Waals surface area contributed by atoms with E-state index in [9.17, 15) is 0 Å². The molecule has 0 radical (unpaired) electrons. The van der Waals surface area contributed by atoms with E-state index < -0.39 is 0 Å². The lowest BCUT2D eigenvalue weighted by atomic mass is 10.1. The summed E-state index contributed by atoms with van der Waals surface area (Å²) in [6.45, 7) is 2.55. The fourth-order valence-corrected chi connectivity index (χ4v) is 1.76. The molecule has 0 fully saturated rings.